The minimum absolute atomic E-state index is 0.0355. The van der Waals surface area contributed by atoms with Gasteiger partial charge in [-0.2, -0.15) is 0 Å². The molecule has 0 amide bonds. The van der Waals surface area contributed by atoms with Crippen LogP contribution in [0.5, 0.6) is 0 Å². The largest absolute Gasteiger partial charge is 0.393 e. The molecule has 11 unspecified atom stereocenters. The zero-order chi connectivity index (χ0) is 23.5. The molecule has 0 radical (unpaired) electrons. The monoisotopic (exact) mass is 444 g/mol. The molecule has 0 aliphatic heterocycles. The Morgan fingerprint density at radius 2 is 1.31 bits per heavy atom. The first-order valence-electron chi connectivity index (χ1n) is 14.0. The van der Waals surface area contributed by atoms with Gasteiger partial charge in [0.1, 0.15) is 0 Å². The molecule has 0 aromatic rings. The van der Waals surface area contributed by atoms with E-state index in [1.54, 1.807) is 0 Å². The Balaban J connectivity index is 1.54. The molecule has 2 N–H and O–H groups in total. The maximum absolute atomic E-state index is 11.3. The van der Waals surface area contributed by atoms with Crippen molar-refractivity contribution in [1.29, 1.82) is 0 Å². The maximum Gasteiger partial charge on any atom is 0.0648 e. The van der Waals surface area contributed by atoms with E-state index >= 15 is 0 Å². The summed E-state index contributed by atoms with van der Waals surface area (Å²) in [5.41, 5.74) is 1.04. The van der Waals surface area contributed by atoms with E-state index in [-0.39, 0.29) is 11.5 Å². The Labute approximate surface area is 198 Å². The van der Waals surface area contributed by atoms with Crippen molar-refractivity contribution < 1.29 is 10.2 Å². The molecule has 5 fully saturated rings. The summed E-state index contributed by atoms with van der Waals surface area (Å²) in [6.45, 7) is 19.8. The van der Waals surface area contributed by atoms with Crippen LogP contribution in [0.25, 0.3) is 0 Å². The second kappa shape index (κ2) is 6.77. The standard InChI is InChI=1S/C30H52O2/c1-19-24-20-9-10-22-27(5)13-12-23(31)25(2,3)21(27)11-14-29(22,7)28(20,6)17-15-26(24,4)16-18-30(19,8)32/h19-24,31-32H,9-18H2,1-8H3. The van der Waals surface area contributed by atoms with Crippen molar-refractivity contribution in [1.82, 2.24) is 0 Å². The summed E-state index contributed by atoms with van der Waals surface area (Å²) in [6, 6.07) is 0. The fourth-order valence-electron chi connectivity index (χ4n) is 11.6. The molecule has 0 heterocycles. The zero-order valence-electron chi connectivity index (χ0n) is 22.4. The van der Waals surface area contributed by atoms with Crippen molar-refractivity contribution in [3.05, 3.63) is 0 Å². The van der Waals surface area contributed by atoms with Crippen molar-refractivity contribution in [2.24, 2.45) is 56.7 Å². The lowest BCUT2D eigenvalue weighted by molar-refractivity contribution is -0.264. The lowest BCUT2D eigenvalue weighted by atomic mass is 9.31. The summed E-state index contributed by atoms with van der Waals surface area (Å²) >= 11 is 0. The molecular formula is C30H52O2. The second-order valence-electron chi connectivity index (χ2n) is 15.4. The minimum Gasteiger partial charge on any atom is -0.393 e. The number of aliphatic hydroxyl groups is 2. The van der Waals surface area contributed by atoms with Gasteiger partial charge in [-0.3, -0.25) is 0 Å². The van der Waals surface area contributed by atoms with Gasteiger partial charge in [0.15, 0.2) is 0 Å². The van der Waals surface area contributed by atoms with Gasteiger partial charge in [0.05, 0.1) is 11.7 Å². The number of hydrogen-bond acceptors (Lipinski definition) is 2. The number of rotatable bonds is 0. The van der Waals surface area contributed by atoms with Crippen molar-refractivity contribution in [3.63, 3.8) is 0 Å². The number of aliphatic hydroxyl groups excluding tert-OH is 1. The molecule has 5 aliphatic carbocycles. The summed E-state index contributed by atoms with van der Waals surface area (Å²) < 4.78 is 0. The fraction of sp³-hybridized carbons (Fsp3) is 1.00. The van der Waals surface area contributed by atoms with Crippen LogP contribution in [-0.4, -0.2) is 21.9 Å². The van der Waals surface area contributed by atoms with Crippen LogP contribution in [0.2, 0.25) is 0 Å². The molecular weight excluding hydrogens is 392 g/mol. The molecule has 5 aliphatic rings. The molecule has 5 rings (SSSR count). The third-order valence-electron chi connectivity index (χ3n) is 14.1. The van der Waals surface area contributed by atoms with Crippen molar-refractivity contribution in [2.45, 2.75) is 131 Å². The van der Waals surface area contributed by atoms with Gasteiger partial charge in [-0.05, 0) is 128 Å². The highest BCUT2D eigenvalue weighted by Crippen LogP contribution is 2.77. The van der Waals surface area contributed by atoms with E-state index < -0.39 is 5.60 Å². The van der Waals surface area contributed by atoms with Crippen LogP contribution in [0, 0.1) is 56.7 Å². The Morgan fingerprint density at radius 1 is 0.656 bits per heavy atom. The quantitative estimate of drug-likeness (QED) is 0.414. The molecule has 2 heteroatoms. The van der Waals surface area contributed by atoms with E-state index in [9.17, 15) is 10.2 Å². The molecule has 5 saturated carbocycles. The topological polar surface area (TPSA) is 40.5 Å². The summed E-state index contributed by atoms with van der Waals surface area (Å²) in [5.74, 6) is 3.19. The van der Waals surface area contributed by atoms with Gasteiger partial charge >= 0.3 is 0 Å². The maximum atomic E-state index is 11.3. The summed E-state index contributed by atoms with van der Waals surface area (Å²) in [4.78, 5) is 0. The molecule has 2 nitrogen and oxygen atoms in total. The summed E-state index contributed by atoms with van der Waals surface area (Å²) in [7, 11) is 0. The highest BCUT2D eigenvalue weighted by atomic mass is 16.3. The fourth-order valence-corrected chi connectivity index (χ4v) is 11.6. The molecule has 32 heavy (non-hydrogen) atoms. The van der Waals surface area contributed by atoms with Crippen molar-refractivity contribution >= 4 is 0 Å². The van der Waals surface area contributed by atoms with Crippen LogP contribution < -0.4 is 0 Å². The van der Waals surface area contributed by atoms with Crippen LogP contribution in [0.1, 0.15) is 120 Å². The van der Waals surface area contributed by atoms with E-state index in [2.05, 4.69) is 55.4 Å². The van der Waals surface area contributed by atoms with E-state index in [4.69, 9.17) is 0 Å². The number of fused-ring (bicyclic) bond motifs is 7. The molecule has 11 atom stereocenters. The van der Waals surface area contributed by atoms with Gasteiger partial charge < -0.3 is 10.2 Å². The molecule has 0 bridgehead atoms. The van der Waals surface area contributed by atoms with Crippen molar-refractivity contribution in [3.8, 4) is 0 Å². The first-order chi connectivity index (χ1) is 14.6. The van der Waals surface area contributed by atoms with E-state index in [0.29, 0.717) is 39.4 Å². The molecule has 0 saturated heterocycles. The Morgan fingerprint density at radius 3 is 2.00 bits per heavy atom. The predicted octanol–water partition coefficient (Wildman–Crippen LogP) is 7.22. The van der Waals surface area contributed by atoms with Gasteiger partial charge in [0, 0.05) is 0 Å². The highest BCUT2D eigenvalue weighted by molar-refractivity contribution is 5.19. The van der Waals surface area contributed by atoms with Crippen LogP contribution in [-0.2, 0) is 0 Å². The smallest absolute Gasteiger partial charge is 0.0648 e. The zero-order valence-corrected chi connectivity index (χ0v) is 22.4. The third kappa shape index (κ3) is 2.72. The SMILES string of the molecule is CC1C2C3CCC4C5(C)CCC(O)C(C)(C)C5CCC4(C)C3(C)CCC2(C)CCC1(C)O. The average molecular weight is 445 g/mol. The Kier molecular flexibility index (Phi) is 5.01. The summed E-state index contributed by atoms with van der Waals surface area (Å²) in [6.07, 6.45) is 12.3. The Bertz CT molecular complexity index is 771. The first kappa shape index (κ1) is 23.7. The predicted molar refractivity (Wildman–Crippen MR) is 132 cm³/mol. The van der Waals surface area contributed by atoms with Gasteiger partial charge in [0.2, 0.25) is 0 Å². The van der Waals surface area contributed by atoms with Gasteiger partial charge in [-0.25, -0.2) is 0 Å². The van der Waals surface area contributed by atoms with Crippen molar-refractivity contribution in [2.75, 3.05) is 0 Å². The highest BCUT2D eigenvalue weighted by Gasteiger charge is 2.70. The lowest BCUT2D eigenvalue weighted by Crippen LogP contribution is -2.68. The average Bonchev–Trinajstić information content (AvgIpc) is 2.70. The minimum atomic E-state index is -0.507. The van der Waals surface area contributed by atoms with Gasteiger partial charge in [-0.1, -0.05) is 48.5 Å². The molecule has 0 aromatic heterocycles. The molecule has 0 spiro atoms. The van der Waals surface area contributed by atoms with E-state index in [0.717, 1.165) is 24.7 Å². The van der Waals surface area contributed by atoms with Crippen LogP contribution in [0.15, 0.2) is 0 Å². The van der Waals surface area contributed by atoms with E-state index in [1.165, 1.54) is 51.4 Å². The summed E-state index contributed by atoms with van der Waals surface area (Å²) in [5, 5.41) is 22.2. The molecule has 184 valence electrons. The van der Waals surface area contributed by atoms with Crippen LogP contribution in [0.4, 0.5) is 0 Å². The third-order valence-corrected chi connectivity index (χ3v) is 14.1. The lowest BCUT2D eigenvalue weighted by Gasteiger charge is -2.74. The first-order valence-corrected chi connectivity index (χ1v) is 14.0. The van der Waals surface area contributed by atoms with Crippen LogP contribution >= 0.6 is 0 Å². The van der Waals surface area contributed by atoms with Gasteiger partial charge in [-0.15, -0.1) is 0 Å². The van der Waals surface area contributed by atoms with Crippen LogP contribution in [0.3, 0.4) is 0 Å². The normalized spacial score (nSPS) is 61.7. The Hall–Kier alpha value is -0.0800. The van der Waals surface area contributed by atoms with Gasteiger partial charge in [0.25, 0.3) is 0 Å². The van der Waals surface area contributed by atoms with E-state index in [1.807, 2.05) is 0 Å². The molecule has 0 aromatic carbocycles. The second-order valence-corrected chi connectivity index (χ2v) is 15.4. The number of hydrogen-bond donors (Lipinski definition) is 2.